The van der Waals surface area contributed by atoms with Crippen molar-refractivity contribution in [3.05, 3.63) is 71.8 Å². The lowest BCUT2D eigenvalue weighted by Crippen LogP contribution is -2.26. The van der Waals surface area contributed by atoms with Crippen LogP contribution >= 0.6 is 0 Å². The Bertz CT molecular complexity index is 777. The summed E-state index contributed by atoms with van der Waals surface area (Å²) in [7, 11) is 0. The molecule has 0 unspecified atom stereocenters. The largest absolute Gasteiger partial charge is 0.330 e. The Kier molecular flexibility index (Phi) is 25.0. The van der Waals surface area contributed by atoms with E-state index in [0.717, 1.165) is 65.2 Å². The van der Waals surface area contributed by atoms with Crippen molar-refractivity contribution in [2.24, 2.45) is 11.5 Å². The first kappa shape index (κ1) is 38.4. The van der Waals surface area contributed by atoms with Crippen LogP contribution in [0.3, 0.4) is 0 Å². The molecule has 0 aliphatic rings. The van der Waals surface area contributed by atoms with Crippen molar-refractivity contribution in [3.63, 3.8) is 0 Å². The van der Waals surface area contributed by atoms with E-state index in [-0.39, 0.29) is 0 Å². The van der Waals surface area contributed by atoms with Crippen LogP contribution < -0.4 is 22.1 Å². The molecule has 6 N–H and O–H groups in total. The number of nitrogens with zero attached hydrogens (tertiary/aromatic N) is 2. The zero-order valence-corrected chi connectivity index (χ0v) is 28.2. The van der Waals surface area contributed by atoms with Gasteiger partial charge in [-0.25, -0.2) is 0 Å². The summed E-state index contributed by atoms with van der Waals surface area (Å²) in [5.41, 5.74) is 14.0. The first-order valence-electron chi connectivity index (χ1n) is 18.2. The van der Waals surface area contributed by atoms with Crippen LogP contribution in [-0.4, -0.2) is 75.2 Å². The van der Waals surface area contributed by atoms with E-state index < -0.39 is 0 Å². The fourth-order valence-electron chi connectivity index (χ4n) is 5.83. The fraction of sp³-hybridized carbons (Fsp3) is 0.684. The first-order valence-corrected chi connectivity index (χ1v) is 18.2. The minimum absolute atomic E-state index is 0.784. The second-order valence-corrected chi connectivity index (χ2v) is 12.6. The molecule has 6 heteroatoms. The number of benzene rings is 2. The van der Waals surface area contributed by atoms with Crippen molar-refractivity contribution < 1.29 is 0 Å². The minimum Gasteiger partial charge on any atom is -0.330 e. The van der Waals surface area contributed by atoms with E-state index in [1.54, 1.807) is 0 Å². The van der Waals surface area contributed by atoms with Gasteiger partial charge in [0.2, 0.25) is 0 Å². The van der Waals surface area contributed by atoms with Crippen LogP contribution in [0.4, 0.5) is 0 Å². The second-order valence-electron chi connectivity index (χ2n) is 12.6. The molecule has 0 spiro atoms. The molecule has 0 radical (unpaired) electrons. The Balaban J connectivity index is 1.65. The van der Waals surface area contributed by atoms with E-state index in [1.165, 1.54) is 114 Å². The Morgan fingerprint density at radius 1 is 0.386 bits per heavy atom. The van der Waals surface area contributed by atoms with Gasteiger partial charge in [-0.1, -0.05) is 99.2 Å². The molecule has 6 nitrogen and oxygen atoms in total. The predicted molar refractivity (Wildman–Crippen MR) is 192 cm³/mol. The van der Waals surface area contributed by atoms with Crippen LogP contribution in [0.15, 0.2) is 60.7 Å². The molecule has 0 heterocycles. The summed E-state index contributed by atoms with van der Waals surface area (Å²) in [5.74, 6) is 0. The van der Waals surface area contributed by atoms with E-state index in [1.807, 2.05) is 0 Å². The first-order chi connectivity index (χ1) is 21.8. The third kappa shape index (κ3) is 21.8. The Labute approximate surface area is 271 Å². The van der Waals surface area contributed by atoms with Crippen molar-refractivity contribution in [1.29, 1.82) is 0 Å². The highest BCUT2D eigenvalue weighted by Gasteiger charge is 2.08. The van der Waals surface area contributed by atoms with Gasteiger partial charge in [-0.3, -0.25) is 9.80 Å². The highest BCUT2D eigenvalue weighted by Crippen LogP contribution is 2.13. The molecule has 0 fully saturated rings. The van der Waals surface area contributed by atoms with Gasteiger partial charge in [-0.15, -0.1) is 0 Å². The van der Waals surface area contributed by atoms with E-state index in [9.17, 15) is 0 Å². The molecule has 2 aromatic rings. The normalized spacial score (nSPS) is 11.6. The summed E-state index contributed by atoms with van der Waals surface area (Å²) in [6.45, 7) is 12.9. The molecule has 0 saturated carbocycles. The lowest BCUT2D eigenvalue weighted by Gasteiger charge is -2.24. The van der Waals surface area contributed by atoms with Gasteiger partial charge in [-0.05, 0) is 128 Å². The SMILES string of the molecule is NCCCNCCCCCCN(CCCCCCN(CCCCCCNCCCN)Cc1ccccc1)Cc1ccccc1. The molecular formula is C38H68N6. The standard InChI is InChI=1S/C38H68N6/c39-25-19-29-41-27-13-1-3-15-31-43(35-37-21-9-7-10-22-37)33-17-5-6-18-34-44(36-38-23-11-8-12-24-38)32-16-4-2-14-28-42-30-20-26-40/h7-12,21-24,41-42H,1-6,13-20,25-36,39-40H2. The topological polar surface area (TPSA) is 82.6 Å². The highest BCUT2D eigenvalue weighted by molar-refractivity contribution is 5.15. The van der Waals surface area contributed by atoms with E-state index >= 15 is 0 Å². The number of hydrogen-bond acceptors (Lipinski definition) is 6. The quantitative estimate of drug-likeness (QED) is 0.0727. The summed E-state index contributed by atoms with van der Waals surface area (Å²) < 4.78 is 0. The number of nitrogens with two attached hydrogens (primary N) is 2. The zero-order chi connectivity index (χ0) is 31.2. The lowest BCUT2D eigenvalue weighted by molar-refractivity contribution is 0.242. The predicted octanol–water partition coefficient (Wildman–Crippen LogP) is 6.55. The number of unbranched alkanes of at least 4 members (excludes halogenated alkanes) is 9. The lowest BCUT2D eigenvalue weighted by atomic mass is 10.1. The molecular weight excluding hydrogens is 540 g/mol. The van der Waals surface area contributed by atoms with Gasteiger partial charge in [-0.2, -0.15) is 0 Å². The maximum absolute atomic E-state index is 5.58. The molecule has 250 valence electrons. The number of hydrogen-bond donors (Lipinski definition) is 4. The van der Waals surface area contributed by atoms with Gasteiger partial charge in [0.1, 0.15) is 0 Å². The van der Waals surface area contributed by atoms with Crippen molar-refractivity contribution in [1.82, 2.24) is 20.4 Å². The average molecular weight is 609 g/mol. The molecule has 0 aromatic heterocycles. The molecule has 0 atom stereocenters. The van der Waals surface area contributed by atoms with Crippen molar-refractivity contribution >= 4 is 0 Å². The molecule has 44 heavy (non-hydrogen) atoms. The monoisotopic (exact) mass is 609 g/mol. The molecule has 2 aromatic carbocycles. The summed E-state index contributed by atoms with van der Waals surface area (Å²) in [4.78, 5) is 5.40. The van der Waals surface area contributed by atoms with Gasteiger partial charge >= 0.3 is 0 Å². The van der Waals surface area contributed by atoms with Crippen molar-refractivity contribution in [2.45, 2.75) is 103 Å². The highest BCUT2D eigenvalue weighted by atomic mass is 15.1. The Morgan fingerprint density at radius 3 is 1.05 bits per heavy atom. The summed E-state index contributed by atoms with van der Waals surface area (Å²) in [6, 6.07) is 22.1. The molecule has 0 bridgehead atoms. The summed E-state index contributed by atoms with van der Waals surface area (Å²) >= 11 is 0. The smallest absolute Gasteiger partial charge is 0.0233 e. The van der Waals surface area contributed by atoms with Gasteiger partial charge in [0.05, 0.1) is 0 Å². The molecule has 0 aliphatic heterocycles. The van der Waals surface area contributed by atoms with Crippen molar-refractivity contribution in [3.8, 4) is 0 Å². The summed E-state index contributed by atoms with van der Waals surface area (Å²) in [5, 5.41) is 7.02. The van der Waals surface area contributed by atoms with Gasteiger partial charge in [0.25, 0.3) is 0 Å². The van der Waals surface area contributed by atoms with Crippen LogP contribution in [0.25, 0.3) is 0 Å². The third-order valence-corrected chi connectivity index (χ3v) is 8.47. The average Bonchev–Trinajstić information content (AvgIpc) is 3.05. The maximum Gasteiger partial charge on any atom is 0.0233 e. The van der Waals surface area contributed by atoms with Crippen LogP contribution in [0.2, 0.25) is 0 Å². The maximum atomic E-state index is 5.58. The molecule has 0 saturated heterocycles. The minimum atomic E-state index is 0.784. The Morgan fingerprint density at radius 2 is 0.705 bits per heavy atom. The molecule has 0 amide bonds. The van der Waals surface area contributed by atoms with Crippen LogP contribution in [0, 0.1) is 0 Å². The van der Waals surface area contributed by atoms with Gasteiger partial charge in [0.15, 0.2) is 0 Å². The molecule has 0 aliphatic carbocycles. The van der Waals surface area contributed by atoms with Gasteiger partial charge < -0.3 is 22.1 Å². The van der Waals surface area contributed by atoms with E-state index in [2.05, 4.69) is 81.1 Å². The van der Waals surface area contributed by atoms with Crippen LogP contribution in [-0.2, 0) is 13.1 Å². The number of nitrogens with one attached hydrogen (secondary N) is 2. The zero-order valence-electron chi connectivity index (χ0n) is 28.2. The summed E-state index contributed by atoms with van der Waals surface area (Å²) in [6.07, 6.45) is 17.9. The Hall–Kier alpha value is -1.80. The van der Waals surface area contributed by atoms with Crippen LogP contribution in [0.1, 0.15) is 101 Å². The molecule has 2 rings (SSSR count). The van der Waals surface area contributed by atoms with Gasteiger partial charge in [0, 0.05) is 13.1 Å². The second kappa shape index (κ2) is 28.7. The van der Waals surface area contributed by atoms with E-state index in [0.29, 0.717) is 0 Å². The van der Waals surface area contributed by atoms with Crippen molar-refractivity contribution in [2.75, 3.05) is 65.4 Å². The number of rotatable bonds is 31. The van der Waals surface area contributed by atoms with E-state index in [4.69, 9.17) is 11.5 Å². The third-order valence-electron chi connectivity index (χ3n) is 8.47. The van der Waals surface area contributed by atoms with Crippen LogP contribution in [0.5, 0.6) is 0 Å². The fourth-order valence-corrected chi connectivity index (χ4v) is 5.83.